The van der Waals surface area contributed by atoms with Gasteiger partial charge in [0.15, 0.2) is 0 Å². The molecule has 14 heavy (non-hydrogen) atoms. The zero-order valence-corrected chi connectivity index (χ0v) is 9.44. The summed E-state index contributed by atoms with van der Waals surface area (Å²) in [6.45, 7) is 2.04. The largest absolute Gasteiger partial charge is 0.506 e. The molecule has 0 aliphatic carbocycles. The van der Waals surface area contributed by atoms with E-state index in [1.54, 1.807) is 12.1 Å². The Balaban J connectivity index is 3.04. The normalized spacial score (nSPS) is 12.9. The van der Waals surface area contributed by atoms with Gasteiger partial charge in [-0.05, 0) is 12.5 Å². The van der Waals surface area contributed by atoms with Crippen LogP contribution in [-0.4, -0.2) is 5.11 Å². The van der Waals surface area contributed by atoms with Gasteiger partial charge in [0.25, 0.3) is 0 Å². The summed E-state index contributed by atoms with van der Waals surface area (Å²) in [5, 5.41) is 10.2. The Morgan fingerprint density at radius 1 is 1.43 bits per heavy atom. The smallest absolute Gasteiger partial charge is 0.140 e. The van der Waals surface area contributed by atoms with Crippen molar-refractivity contribution in [1.29, 1.82) is 0 Å². The molecule has 3 N–H and O–H groups in total. The van der Waals surface area contributed by atoms with E-state index in [-0.39, 0.29) is 16.8 Å². The van der Waals surface area contributed by atoms with Gasteiger partial charge < -0.3 is 10.8 Å². The predicted octanol–water partition coefficient (Wildman–Crippen LogP) is 3.50. The van der Waals surface area contributed by atoms with Crippen molar-refractivity contribution in [2.45, 2.75) is 25.8 Å². The van der Waals surface area contributed by atoms with Crippen LogP contribution in [0.25, 0.3) is 0 Å². The summed E-state index contributed by atoms with van der Waals surface area (Å²) in [6, 6.07) is 3.17. The SMILES string of the molecule is CCC[C@@H](N)c1ccc(Cl)c(Cl)c1O. The molecule has 0 spiro atoms. The highest BCUT2D eigenvalue weighted by molar-refractivity contribution is 6.43. The molecule has 2 nitrogen and oxygen atoms in total. The number of rotatable bonds is 3. The minimum atomic E-state index is -0.185. The molecule has 1 atom stereocenters. The third-order valence-electron chi connectivity index (χ3n) is 2.10. The Morgan fingerprint density at radius 3 is 2.64 bits per heavy atom. The Labute approximate surface area is 93.6 Å². The van der Waals surface area contributed by atoms with Gasteiger partial charge >= 0.3 is 0 Å². The van der Waals surface area contributed by atoms with Crippen LogP contribution >= 0.6 is 23.2 Å². The third-order valence-corrected chi connectivity index (χ3v) is 2.89. The molecule has 0 aliphatic rings. The van der Waals surface area contributed by atoms with Crippen molar-refractivity contribution < 1.29 is 5.11 Å². The van der Waals surface area contributed by atoms with Crippen LogP contribution < -0.4 is 5.73 Å². The predicted molar refractivity (Wildman–Crippen MR) is 60.0 cm³/mol. The van der Waals surface area contributed by atoms with E-state index in [4.69, 9.17) is 28.9 Å². The molecule has 0 saturated carbocycles. The zero-order valence-electron chi connectivity index (χ0n) is 7.93. The molecule has 0 heterocycles. The maximum atomic E-state index is 9.68. The monoisotopic (exact) mass is 233 g/mol. The van der Waals surface area contributed by atoms with Crippen molar-refractivity contribution in [2.75, 3.05) is 0 Å². The summed E-state index contributed by atoms with van der Waals surface area (Å²) in [6.07, 6.45) is 1.77. The Bertz CT molecular complexity index is 328. The van der Waals surface area contributed by atoms with Gasteiger partial charge in [0, 0.05) is 11.6 Å². The minimum Gasteiger partial charge on any atom is -0.506 e. The standard InChI is InChI=1S/C10H13Cl2NO/c1-2-3-8(13)6-4-5-7(11)9(12)10(6)14/h4-5,8,14H,2-3,13H2,1H3/t8-/m1/s1. The molecule has 0 radical (unpaired) electrons. The summed E-state index contributed by atoms with van der Waals surface area (Å²) >= 11 is 11.5. The molecular weight excluding hydrogens is 221 g/mol. The highest BCUT2D eigenvalue weighted by Crippen LogP contribution is 2.37. The highest BCUT2D eigenvalue weighted by atomic mass is 35.5. The summed E-state index contributed by atoms with van der Waals surface area (Å²) in [5.74, 6) is 0.000108. The first-order valence-electron chi connectivity index (χ1n) is 4.50. The molecule has 1 aromatic rings. The molecule has 78 valence electrons. The van der Waals surface area contributed by atoms with Crippen molar-refractivity contribution in [2.24, 2.45) is 5.73 Å². The van der Waals surface area contributed by atoms with E-state index in [9.17, 15) is 5.11 Å². The summed E-state index contributed by atoms with van der Waals surface area (Å²) in [5.41, 5.74) is 6.52. The second-order valence-corrected chi connectivity index (χ2v) is 3.98. The fourth-order valence-corrected chi connectivity index (χ4v) is 1.65. The quantitative estimate of drug-likeness (QED) is 0.840. The molecule has 1 aromatic carbocycles. The Hall–Kier alpha value is -0.440. The first kappa shape index (κ1) is 11.6. The number of nitrogens with two attached hydrogens (primary N) is 1. The highest BCUT2D eigenvalue weighted by Gasteiger charge is 2.14. The van der Waals surface area contributed by atoms with Crippen molar-refractivity contribution in [1.82, 2.24) is 0 Å². The van der Waals surface area contributed by atoms with Gasteiger partial charge in [0.1, 0.15) is 10.8 Å². The topological polar surface area (TPSA) is 46.2 Å². The lowest BCUT2D eigenvalue weighted by atomic mass is 10.0. The fraction of sp³-hybridized carbons (Fsp3) is 0.400. The van der Waals surface area contributed by atoms with Crippen LogP contribution in [0.2, 0.25) is 10.0 Å². The molecule has 1 rings (SSSR count). The van der Waals surface area contributed by atoms with Gasteiger partial charge in [0.2, 0.25) is 0 Å². The Kier molecular flexibility index (Phi) is 4.05. The second-order valence-electron chi connectivity index (χ2n) is 3.19. The molecule has 0 aromatic heterocycles. The minimum absolute atomic E-state index is 0.000108. The first-order chi connectivity index (χ1) is 6.57. The average Bonchev–Trinajstić information content (AvgIpc) is 2.15. The number of aromatic hydroxyl groups is 1. The van der Waals surface area contributed by atoms with Gasteiger partial charge in [-0.1, -0.05) is 42.6 Å². The number of halogens is 2. The molecule has 0 saturated heterocycles. The van der Waals surface area contributed by atoms with Crippen LogP contribution in [0, 0.1) is 0 Å². The van der Waals surface area contributed by atoms with Gasteiger partial charge in [-0.2, -0.15) is 0 Å². The molecule has 0 unspecified atom stereocenters. The first-order valence-corrected chi connectivity index (χ1v) is 5.26. The lowest BCUT2D eigenvalue weighted by Crippen LogP contribution is -2.09. The van der Waals surface area contributed by atoms with Crippen LogP contribution in [0.1, 0.15) is 31.4 Å². The van der Waals surface area contributed by atoms with Gasteiger partial charge in [0.05, 0.1) is 5.02 Å². The lowest BCUT2D eigenvalue weighted by molar-refractivity contribution is 0.458. The molecule has 0 fully saturated rings. The summed E-state index contributed by atoms with van der Waals surface area (Å²) in [4.78, 5) is 0. The third kappa shape index (κ3) is 2.32. The Morgan fingerprint density at radius 2 is 2.07 bits per heavy atom. The fourth-order valence-electron chi connectivity index (χ4n) is 1.32. The van der Waals surface area contributed by atoms with E-state index in [1.807, 2.05) is 6.92 Å². The van der Waals surface area contributed by atoms with Crippen molar-refractivity contribution in [3.05, 3.63) is 27.7 Å². The van der Waals surface area contributed by atoms with Crippen LogP contribution in [0.4, 0.5) is 0 Å². The molecular formula is C10H13Cl2NO. The van der Waals surface area contributed by atoms with Crippen molar-refractivity contribution in [3.8, 4) is 5.75 Å². The number of hydrogen-bond acceptors (Lipinski definition) is 2. The summed E-state index contributed by atoms with van der Waals surface area (Å²) < 4.78 is 0. The molecule has 0 amide bonds. The van der Waals surface area contributed by atoms with Crippen molar-refractivity contribution >= 4 is 23.2 Å². The van der Waals surface area contributed by atoms with E-state index in [0.29, 0.717) is 10.6 Å². The van der Waals surface area contributed by atoms with Crippen LogP contribution in [0.5, 0.6) is 5.75 Å². The molecule has 4 heteroatoms. The van der Waals surface area contributed by atoms with E-state index in [2.05, 4.69) is 0 Å². The van der Waals surface area contributed by atoms with Gasteiger partial charge in [-0.15, -0.1) is 0 Å². The van der Waals surface area contributed by atoms with E-state index in [1.165, 1.54) is 0 Å². The number of benzene rings is 1. The zero-order chi connectivity index (χ0) is 10.7. The molecule has 0 bridgehead atoms. The maximum Gasteiger partial charge on any atom is 0.140 e. The van der Waals surface area contributed by atoms with Gasteiger partial charge in [-0.3, -0.25) is 0 Å². The van der Waals surface area contributed by atoms with Crippen LogP contribution in [0.15, 0.2) is 12.1 Å². The number of phenolic OH excluding ortho intramolecular Hbond substituents is 1. The van der Waals surface area contributed by atoms with Gasteiger partial charge in [-0.25, -0.2) is 0 Å². The molecule has 0 aliphatic heterocycles. The van der Waals surface area contributed by atoms with E-state index >= 15 is 0 Å². The second kappa shape index (κ2) is 4.87. The average molecular weight is 234 g/mol. The van der Waals surface area contributed by atoms with E-state index in [0.717, 1.165) is 12.8 Å². The number of hydrogen-bond donors (Lipinski definition) is 2. The summed E-state index contributed by atoms with van der Waals surface area (Å²) in [7, 11) is 0. The van der Waals surface area contributed by atoms with E-state index < -0.39 is 0 Å². The van der Waals surface area contributed by atoms with Crippen LogP contribution in [0.3, 0.4) is 0 Å². The lowest BCUT2D eigenvalue weighted by Gasteiger charge is -2.13. The van der Waals surface area contributed by atoms with Crippen molar-refractivity contribution in [3.63, 3.8) is 0 Å². The number of phenols is 1. The maximum absolute atomic E-state index is 9.68. The van der Waals surface area contributed by atoms with Crippen LogP contribution in [-0.2, 0) is 0 Å².